The number of hydrogen-bond acceptors (Lipinski definition) is 2. The van der Waals surface area contributed by atoms with Gasteiger partial charge in [0.1, 0.15) is 0 Å². The van der Waals surface area contributed by atoms with Crippen LogP contribution in [0, 0.1) is 0 Å². The highest BCUT2D eigenvalue weighted by atomic mass is 16.5. The van der Waals surface area contributed by atoms with Crippen LogP contribution < -0.4 is 5.32 Å². The standard InChI is InChI=1S/C12H25NO/c1-4-7-11(2)14-12(10-13-3)8-5-6-9-12/h11,13H,4-10H2,1-3H3. The SMILES string of the molecule is CCCC(C)OC1(CNC)CCCC1. The molecule has 0 aromatic carbocycles. The van der Waals surface area contributed by atoms with E-state index in [0.29, 0.717) is 6.10 Å². The van der Waals surface area contributed by atoms with Gasteiger partial charge in [-0.1, -0.05) is 26.2 Å². The molecule has 0 amide bonds. The molecule has 1 N–H and O–H groups in total. The molecule has 0 saturated heterocycles. The zero-order valence-corrected chi connectivity index (χ0v) is 9.94. The first-order valence-corrected chi connectivity index (χ1v) is 6.05. The predicted octanol–water partition coefficient (Wildman–Crippen LogP) is 2.72. The second-order valence-electron chi connectivity index (χ2n) is 4.64. The molecular weight excluding hydrogens is 174 g/mol. The summed E-state index contributed by atoms with van der Waals surface area (Å²) in [4.78, 5) is 0. The van der Waals surface area contributed by atoms with E-state index in [-0.39, 0.29) is 5.60 Å². The minimum atomic E-state index is 0.156. The van der Waals surface area contributed by atoms with Gasteiger partial charge in [0.05, 0.1) is 11.7 Å². The van der Waals surface area contributed by atoms with Crippen LogP contribution in [0.1, 0.15) is 52.4 Å². The molecule has 1 rings (SSSR count). The van der Waals surface area contributed by atoms with Crippen LogP contribution in [-0.4, -0.2) is 25.3 Å². The molecule has 1 atom stereocenters. The summed E-state index contributed by atoms with van der Waals surface area (Å²) in [7, 11) is 2.02. The summed E-state index contributed by atoms with van der Waals surface area (Å²) < 4.78 is 6.22. The highest BCUT2D eigenvalue weighted by Crippen LogP contribution is 2.34. The molecule has 84 valence electrons. The average Bonchev–Trinajstić information content (AvgIpc) is 2.54. The molecular formula is C12H25NO. The normalized spacial score (nSPS) is 22.5. The summed E-state index contributed by atoms with van der Waals surface area (Å²) in [6.07, 6.45) is 7.97. The second-order valence-corrected chi connectivity index (χ2v) is 4.64. The average molecular weight is 199 g/mol. The molecule has 2 heteroatoms. The monoisotopic (exact) mass is 199 g/mol. The first kappa shape index (κ1) is 12.0. The van der Waals surface area contributed by atoms with E-state index in [9.17, 15) is 0 Å². The number of nitrogens with one attached hydrogen (secondary N) is 1. The van der Waals surface area contributed by atoms with Gasteiger partial charge in [0.25, 0.3) is 0 Å². The first-order valence-electron chi connectivity index (χ1n) is 6.05. The molecule has 0 radical (unpaired) electrons. The zero-order valence-electron chi connectivity index (χ0n) is 9.94. The number of likely N-dealkylation sites (N-methyl/N-ethyl adjacent to an activating group) is 1. The maximum absolute atomic E-state index is 6.22. The van der Waals surface area contributed by atoms with Crippen molar-refractivity contribution in [2.45, 2.75) is 64.1 Å². The first-order chi connectivity index (χ1) is 6.72. The minimum absolute atomic E-state index is 0.156. The van der Waals surface area contributed by atoms with Gasteiger partial charge in [-0.3, -0.25) is 0 Å². The van der Waals surface area contributed by atoms with Crippen molar-refractivity contribution in [3.63, 3.8) is 0 Å². The summed E-state index contributed by atoms with van der Waals surface area (Å²) in [5.41, 5.74) is 0.156. The van der Waals surface area contributed by atoms with E-state index in [1.54, 1.807) is 0 Å². The lowest BCUT2D eigenvalue weighted by Crippen LogP contribution is -2.41. The Balaban J connectivity index is 2.42. The Labute approximate surface area is 88.4 Å². The Morgan fingerprint density at radius 2 is 2.00 bits per heavy atom. The summed E-state index contributed by atoms with van der Waals surface area (Å²) >= 11 is 0. The number of hydrogen-bond donors (Lipinski definition) is 1. The zero-order chi connectivity index (χ0) is 10.4. The fraction of sp³-hybridized carbons (Fsp3) is 1.00. The Hall–Kier alpha value is -0.0800. The van der Waals surface area contributed by atoms with E-state index in [4.69, 9.17) is 4.74 Å². The molecule has 1 saturated carbocycles. The van der Waals surface area contributed by atoms with Gasteiger partial charge in [0.2, 0.25) is 0 Å². The van der Waals surface area contributed by atoms with Crippen LogP contribution in [0.3, 0.4) is 0 Å². The molecule has 0 heterocycles. The molecule has 2 nitrogen and oxygen atoms in total. The summed E-state index contributed by atoms with van der Waals surface area (Å²) in [5.74, 6) is 0. The highest BCUT2D eigenvalue weighted by molar-refractivity contribution is 4.88. The summed E-state index contributed by atoms with van der Waals surface area (Å²) in [5, 5.41) is 3.27. The predicted molar refractivity (Wildman–Crippen MR) is 60.6 cm³/mol. The molecule has 0 aliphatic heterocycles. The van der Waals surface area contributed by atoms with E-state index < -0.39 is 0 Å². The van der Waals surface area contributed by atoms with Crippen molar-refractivity contribution in [3.05, 3.63) is 0 Å². The van der Waals surface area contributed by atoms with Gasteiger partial charge >= 0.3 is 0 Å². The summed E-state index contributed by atoms with van der Waals surface area (Å²) in [6, 6.07) is 0. The van der Waals surface area contributed by atoms with Gasteiger partial charge in [-0.15, -0.1) is 0 Å². The van der Waals surface area contributed by atoms with Gasteiger partial charge in [-0.2, -0.15) is 0 Å². The van der Waals surface area contributed by atoms with Crippen LogP contribution in [0.25, 0.3) is 0 Å². The lowest BCUT2D eigenvalue weighted by Gasteiger charge is -2.32. The minimum Gasteiger partial charge on any atom is -0.371 e. The van der Waals surface area contributed by atoms with Crippen molar-refractivity contribution in [2.75, 3.05) is 13.6 Å². The molecule has 0 aromatic rings. The molecule has 1 aliphatic rings. The largest absolute Gasteiger partial charge is 0.371 e. The quantitative estimate of drug-likeness (QED) is 0.710. The van der Waals surface area contributed by atoms with Crippen LogP contribution in [0.15, 0.2) is 0 Å². The highest BCUT2D eigenvalue weighted by Gasteiger charge is 2.35. The van der Waals surface area contributed by atoms with Crippen LogP contribution in [0.2, 0.25) is 0 Å². The van der Waals surface area contributed by atoms with E-state index in [1.807, 2.05) is 7.05 Å². The molecule has 0 spiro atoms. The molecule has 1 fully saturated rings. The van der Waals surface area contributed by atoms with Crippen LogP contribution in [0.5, 0.6) is 0 Å². The lowest BCUT2D eigenvalue weighted by atomic mass is 10.0. The van der Waals surface area contributed by atoms with Crippen molar-refractivity contribution in [1.29, 1.82) is 0 Å². The smallest absolute Gasteiger partial charge is 0.0809 e. The van der Waals surface area contributed by atoms with Crippen molar-refractivity contribution in [1.82, 2.24) is 5.32 Å². The topological polar surface area (TPSA) is 21.3 Å². The van der Waals surface area contributed by atoms with E-state index in [1.165, 1.54) is 38.5 Å². The number of ether oxygens (including phenoxy) is 1. The van der Waals surface area contributed by atoms with Crippen molar-refractivity contribution in [3.8, 4) is 0 Å². The Kier molecular flexibility index (Phi) is 4.90. The summed E-state index contributed by atoms with van der Waals surface area (Å²) in [6.45, 7) is 5.44. The number of rotatable bonds is 6. The van der Waals surface area contributed by atoms with Gasteiger partial charge in [0, 0.05) is 6.54 Å². The maximum Gasteiger partial charge on any atom is 0.0809 e. The van der Waals surface area contributed by atoms with Gasteiger partial charge < -0.3 is 10.1 Å². The van der Waals surface area contributed by atoms with Gasteiger partial charge in [-0.05, 0) is 33.2 Å². The Morgan fingerprint density at radius 1 is 1.36 bits per heavy atom. The second kappa shape index (κ2) is 5.72. The molecule has 14 heavy (non-hydrogen) atoms. The van der Waals surface area contributed by atoms with Gasteiger partial charge in [0.15, 0.2) is 0 Å². The Bertz CT molecular complexity index is 152. The van der Waals surface area contributed by atoms with Crippen LogP contribution in [-0.2, 0) is 4.74 Å². The third-order valence-electron chi connectivity index (χ3n) is 3.16. The van der Waals surface area contributed by atoms with Crippen LogP contribution >= 0.6 is 0 Å². The van der Waals surface area contributed by atoms with Crippen molar-refractivity contribution in [2.24, 2.45) is 0 Å². The third-order valence-corrected chi connectivity index (χ3v) is 3.16. The van der Waals surface area contributed by atoms with Crippen molar-refractivity contribution < 1.29 is 4.74 Å². The molecule has 0 bridgehead atoms. The van der Waals surface area contributed by atoms with Crippen LogP contribution in [0.4, 0.5) is 0 Å². The fourth-order valence-corrected chi connectivity index (χ4v) is 2.57. The van der Waals surface area contributed by atoms with E-state index in [0.717, 1.165) is 6.54 Å². The molecule has 0 aromatic heterocycles. The Morgan fingerprint density at radius 3 is 2.50 bits per heavy atom. The molecule has 1 unspecified atom stereocenters. The van der Waals surface area contributed by atoms with E-state index >= 15 is 0 Å². The third kappa shape index (κ3) is 3.25. The van der Waals surface area contributed by atoms with Crippen molar-refractivity contribution >= 4 is 0 Å². The fourth-order valence-electron chi connectivity index (χ4n) is 2.57. The molecule has 1 aliphatic carbocycles. The van der Waals surface area contributed by atoms with Gasteiger partial charge in [-0.25, -0.2) is 0 Å². The maximum atomic E-state index is 6.22. The lowest BCUT2D eigenvalue weighted by molar-refractivity contribution is -0.0832. The van der Waals surface area contributed by atoms with E-state index in [2.05, 4.69) is 19.2 Å².